The molecule has 88 valence electrons. The first kappa shape index (κ1) is 11.6. The minimum absolute atomic E-state index is 0.445. The van der Waals surface area contributed by atoms with Crippen molar-refractivity contribution < 1.29 is 0 Å². The van der Waals surface area contributed by atoms with Crippen LogP contribution in [-0.4, -0.2) is 11.0 Å². The van der Waals surface area contributed by atoms with E-state index < -0.39 is 0 Å². The molecular formula is C14H22N2. The molecule has 0 aliphatic heterocycles. The van der Waals surface area contributed by atoms with Crippen LogP contribution in [0.15, 0.2) is 24.5 Å². The molecule has 16 heavy (non-hydrogen) atoms. The Hall–Kier alpha value is -0.890. The molecule has 1 aliphatic carbocycles. The minimum Gasteiger partial charge on any atom is -0.307 e. The maximum atomic E-state index is 4.06. The Kier molecular flexibility index (Phi) is 3.94. The average molecular weight is 218 g/mol. The van der Waals surface area contributed by atoms with Crippen molar-refractivity contribution in [3.05, 3.63) is 30.1 Å². The van der Waals surface area contributed by atoms with Gasteiger partial charge < -0.3 is 5.32 Å². The van der Waals surface area contributed by atoms with E-state index in [1.807, 2.05) is 12.4 Å². The van der Waals surface area contributed by atoms with Gasteiger partial charge in [0.05, 0.1) is 0 Å². The predicted molar refractivity (Wildman–Crippen MR) is 67.2 cm³/mol. The van der Waals surface area contributed by atoms with Gasteiger partial charge >= 0.3 is 0 Å². The average Bonchev–Trinajstić information content (AvgIpc) is 3.13. The molecule has 0 bridgehead atoms. The van der Waals surface area contributed by atoms with Gasteiger partial charge in [0.15, 0.2) is 0 Å². The molecule has 0 aromatic carbocycles. The molecule has 0 amide bonds. The van der Waals surface area contributed by atoms with Gasteiger partial charge in [0.1, 0.15) is 0 Å². The molecule has 1 saturated carbocycles. The van der Waals surface area contributed by atoms with Crippen molar-refractivity contribution in [2.24, 2.45) is 5.92 Å². The lowest BCUT2D eigenvalue weighted by Gasteiger charge is -2.23. The SMILES string of the molecule is CCCC(NC(C)c1ccncc1)C1CC1. The van der Waals surface area contributed by atoms with Gasteiger partial charge in [-0.1, -0.05) is 13.3 Å². The fourth-order valence-corrected chi connectivity index (χ4v) is 2.33. The van der Waals surface area contributed by atoms with E-state index in [0.717, 1.165) is 5.92 Å². The molecule has 2 nitrogen and oxygen atoms in total. The predicted octanol–water partition coefficient (Wildman–Crippen LogP) is 3.31. The Bertz CT molecular complexity index is 306. The first-order valence-electron chi connectivity index (χ1n) is 6.47. The molecule has 1 N–H and O–H groups in total. The van der Waals surface area contributed by atoms with Crippen LogP contribution in [0.2, 0.25) is 0 Å². The van der Waals surface area contributed by atoms with E-state index in [-0.39, 0.29) is 0 Å². The molecule has 2 heteroatoms. The van der Waals surface area contributed by atoms with E-state index in [9.17, 15) is 0 Å². The van der Waals surface area contributed by atoms with Crippen LogP contribution in [0.25, 0.3) is 0 Å². The second-order valence-corrected chi connectivity index (χ2v) is 4.90. The zero-order chi connectivity index (χ0) is 11.4. The van der Waals surface area contributed by atoms with Gasteiger partial charge in [-0.15, -0.1) is 0 Å². The summed E-state index contributed by atoms with van der Waals surface area (Å²) >= 11 is 0. The van der Waals surface area contributed by atoms with Crippen LogP contribution in [0.5, 0.6) is 0 Å². The molecule has 1 heterocycles. The third kappa shape index (κ3) is 3.05. The highest BCUT2D eigenvalue weighted by atomic mass is 15.0. The number of nitrogens with zero attached hydrogens (tertiary/aromatic N) is 1. The molecule has 1 fully saturated rings. The largest absolute Gasteiger partial charge is 0.307 e. The van der Waals surface area contributed by atoms with Crippen LogP contribution in [0, 0.1) is 5.92 Å². The highest BCUT2D eigenvalue weighted by molar-refractivity contribution is 5.14. The fourth-order valence-electron chi connectivity index (χ4n) is 2.33. The van der Waals surface area contributed by atoms with Gasteiger partial charge in [-0.05, 0) is 49.8 Å². The Morgan fingerprint density at radius 2 is 2.06 bits per heavy atom. The zero-order valence-electron chi connectivity index (χ0n) is 10.3. The van der Waals surface area contributed by atoms with Gasteiger partial charge in [0, 0.05) is 24.5 Å². The third-order valence-corrected chi connectivity index (χ3v) is 3.46. The number of hydrogen-bond donors (Lipinski definition) is 1. The quantitative estimate of drug-likeness (QED) is 0.792. The molecule has 1 aromatic heterocycles. The van der Waals surface area contributed by atoms with Gasteiger partial charge in [-0.25, -0.2) is 0 Å². The summed E-state index contributed by atoms with van der Waals surface area (Å²) in [5.41, 5.74) is 1.34. The summed E-state index contributed by atoms with van der Waals surface area (Å²) in [7, 11) is 0. The highest BCUT2D eigenvalue weighted by Gasteiger charge is 2.31. The van der Waals surface area contributed by atoms with E-state index in [4.69, 9.17) is 0 Å². The van der Waals surface area contributed by atoms with Gasteiger partial charge in [0.25, 0.3) is 0 Å². The van der Waals surface area contributed by atoms with Crippen molar-refractivity contribution >= 4 is 0 Å². The monoisotopic (exact) mass is 218 g/mol. The van der Waals surface area contributed by atoms with Crippen molar-refractivity contribution in [1.82, 2.24) is 10.3 Å². The highest BCUT2D eigenvalue weighted by Crippen LogP contribution is 2.35. The molecule has 2 unspecified atom stereocenters. The second-order valence-electron chi connectivity index (χ2n) is 4.90. The summed E-state index contributed by atoms with van der Waals surface area (Å²) in [6, 6.07) is 5.37. The van der Waals surface area contributed by atoms with Crippen molar-refractivity contribution in [3.63, 3.8) is 0 Å². The maximum absolute atomic E-state index is 4.06. The maximum Gasteiger partial charge on any atom is 0.0295 e. The zero-order valence-corrected chi connectivity index (χ0v) is 10.3. The van der Waals surface area contributed by atoms with E-state index in [1.54, 1.807) is 0 Å². The Morgan fingerprint density at radius 3 is 2.62 bits per heavy atom. The number of rotatable bonds is 6. The summed E-state index contributed by atoms with van der Waals surface area (Å²) in [6.07, 6.45) is 9.16. The van der Waals surface area contributed by atoms with Crippen LogP contribution in [0.4, 0.5) is 0 Å². The molecule has 0 radical (unpaired) electrons. The van der Waals surface area contributed by atoms with E-state index >= 15 is 0 Å². The van der Waals surface area contributed by atoms with E-state index in [2.05, 4.69) is 36.3 Å². The smallest absolute Gasteiger partial charge is 0.0295 e. The molecule has 2 atom stereocenters. The lowest BCUT2D eigenvalue weighted by molar-refractivity contribution is 0.390. The first-order valence-corrected chi connectivity index (χ1v) is 6.47. The number of nitrogens with one attached hydrogen (secondary N) is 1. The topological polar surface area (TPSA) is 24.9 Å². The standard InChI is InChI=1S/C14H22N2/c1-3-4-14(13-5-6-13)16-11(2)12-7-9-15-10-8-12/h7-11,13-14,16H,3-6H2,1-2H3. The minimum atomic E-state index is 0.445. The van der Waals surface area contributed by atoms with Gasteiger partial charge in [-0.3, -0.25) is 4.98 Å². The van der Waals surface area contributed by atoms with E-state index in [0.29, 0.717) is 12.1 Å². The van der Waals surface area contributed by atoms with Crippen LogP contribution < -0.4 is 5.32 Å². The second kappa shape index (κ2) is 5.44. The number of pyridine rings is 1. The van der Waals surface area contributed by atoms with Gasteiger partial charge in [-0.2, -0.15) is 0 Å². The normalized spacial score (nSPS) is 19.4. The van der Waals surface area contributed by atoms with Crippen LogP contribution in [0.3, 0.4) is 0 Å². The van der Waals surface area contributed by atoms with Crippen molar-refractivity contribution in [3.8, 4) is 0 Å². The summed E-state index contributed by atoms with van der Waals surface area (Å²) in [6.45, 7) is 4.52. The fraction of sp³-hybridized carbons (Fsp3) is 0.643. The molecular weight excluding hydrogens is 196 g/mol. The van der Waals surface area contributed by atoms with Crippen molar-refractivity contribution in [1.29, 1.82) is 0 Å². The summed E-state index contributed by atoms with van der Waals surface area (Å²) in [4.78, 5) is 4.06. The summed E-state index contributed by atoms with van der Waals surface area (Å²) in [5, 5.41) is 3.77. The molecule has 2 rings (SSSR count). The van der Waals surface area contributed by atoms with Crippen LogP contribution >= 0.6 is 0 Å². The third-order valence-electron chi connectivity index (χ3n) is 3.46. The van der Waals surface area contributed by atoms with Crippen LogP contribution in [-0.2, 0) is 0 Å². The van der Waals surface area contributed by atoms with Crippen molar-refractivity contribution in [2.45, 2.75) is 51.6 Å². The first-order chi connectivity index (χ1) is 7.81. The summed E-state index contributed by atoms with van der Waals surface area (Å²) < 4.78 is 0. The molecule has 0 spiro atoms. The molecule has 0 saturated heterocycles. The summed E-state index contributed by atoms with van der Waals surface area (Å²) in [5.74, 6) is 0.934. The molecule has 1 aromatic rings. The lowest BCUT2D eigenvalue weighted by Crippen LogP contribution is -2.33. The Balaban J connectivity index is 1.92. The number of hydrogen-bond acceptors (Lipinski definition) is 2. The lowest BCUT2D eigenvalue weighted by atomic mass is 10.0. The molecule has 1 aliphatic rings. The Labute approximate surface area is 98.5 Å². The van der Waals surface area contributed by atoms with E-state index in [1.165, 1.54) is 31.2 Å². The van der Waals surface area contributed by atoms with Crippen molar-refractivity contribution in [2.75, 3.05) is 0 Å². The Morgan fingerprint density at radius 1 is 1.38 bits per heavy atom. The number of aromatic nitrogens is 1. The van der Waals surface area contributed by atoms with Gasteiger partial charge in [0.2, 0.25) is 0 Å². The van der Waals surface area contributed by atoms with Crippen LogP contribution in [0.1, 0.15) is 51.1 Å².